The molecule has 0 saturated heterocycles. The number of hydrogen-bond acceptors (Lipinski definition) is 7. The molecular weight excluding hydrogens is 801 g/mol. The Balaban J connectivity index is 1.43. The zero-order valence-electron chi connectivity index (χ0n) is 41.1. The van der Waals surface area contributed by atoms with E-state index in [-0.39, 0.29) is 37.4 Å². The van der Waals surface area contributed by atoms with Crippen molar-refractivity contribution in [2.75, 3.05) is 33.0 Å². The maximum Gasteiger partial charge on any atom is 0.407 e. The lowest BCUT2D eigenvalue weighted by molar-refractivity contribution is -0.157. The summed E-state index contributed by atoms with van der Waals surface area (Å²) in [6.07, 6.45) is 30.1. The predicted octanol–water partition coefficient (Wildman–Crippen LogP) is 13.9. The summed E-state index contributed by atoms with van der Waals surface area (Å²) in [7, 11) is 0. The lowest BCUT2D eigenvalue weighted by Gasteiger charge is -2.25. The standard InChI is InChI=1S/C55H90N2O7/c1-6-8-10-12-14-16-18-20-22-24-26-32-40-61-43-45(62-41-33-27-25-23-21-19-17-15-13-11-9-7-2)42-56-52(58)39-38-51(53(59)64-55(3,4)5)57-54(60)63-44-50-48-36-30-28-34-46(48)47-35-29-31-37-49(47)50/h28-31,34-37,45,50-51H,6-27,32-33,38-44H2,1-5H3,(H,56,58)(H,57,60)/t45?,51-/m0/s1. The summed E-state index contributed by atoms with van der Waals surface area (Å²) < 4.78 is 23.8. The molecule has 0 bridgehead atoms. The molecule has 0 fully saturated rings. The van der Waals surface area contributed by atoms with Gasteiger partial charge in [-0.15, -0.1) is 0 Å². The number of unbranched alkanes of at least 4 members (excludes halogenated alkanes) is 22. The highest BCUT2D eigenvalue weighted by atomic mass is 16.6. The molecule has 0 saturated carbocycles. The van der Waals surface area contributed by atoms with E-state index in [1.54, 1.807) is 20.8 Å². The number of alkyl carbamates (subject to hydrolysis) is 1. The van der Waals surface area contributed by atoms with E-state index in [0.717, 1.165) is 41.5 Å². The fourth-order valence-corrected chi connectivity index (χ4v) is 8.61. The summed E-state index contributed by atoms with van der Waals surface area (Å²) in [5.74, 6) is -0.959. The topological polar surface area (TPSA) is 112 Å². The van der Waals surface area contributed by atoms with E-state index in [0.29, 0.717) is 26.4 Å². The Hall–Kier alpha value is -3.43. The average Bonchev–Trinajstić information content (AvgIpc) is 3.60. The van der Waals surface area contributed by atoms with Crippen LogP contribution < -0.4 is 10.6 Å². The number of amides is 2. The van der Waals surface area contributed by atoms with Crippen LogP contribution in [0.4, 0.5) is 4.79 Å². The molecule has 2 aromatic carbocycles. The zero-order valence-corrected chi connectivity index (χ0v) is 41.1. The molecule has 1 aliphatic rings. The fraction of sp³-hybridized carbons (Fsp3) is 0.727. The van der Waals surface area contributed by atoms with Crippen molar-refractivity contribution in [1.29, 1.82) is 0 Å². The molecular formula is C55H90N2O7. The van der Waals surface area contributed by atoms with Crippen molar-refractivity contribution in [3.05, 3.63) is 59.7 Å². The first kappa shape index (κ1) is 54.9. The van der Waals surface area contributed by atoms with Gasteiger partial charge in [0.25, 0.3) is 0 Å². The predicted molar refractivity (Wildman–Crippen MR) is 263 cm³/mol. The third-order valence-corrected chi connectivity index (χ3v) is 12.3. The molecule has 1 unspecified atom stereocenters. The minimum Gasteiger partial charge on any atom is -0.458 e. The van der Waals surface area contributed by atoms with Crippen LogP contribution in [0.5, 0.6) is 0 Å². The highest BCUT2D eigenvalue weighted by Gasteiger charge is 2.31. The van der Waals surface area contributed by atoms with Gasteiger partial charge in [0.1, 0.15) is 18.2 Å². The van der Waals surface area contributed by atoms with Gasteiger partial charge in [0, 0.05) is 32.1 Å². The van der Waals surface area contributed by atoms with Crippen molar-refractivity contribution in [2.24, 2.45) is 0 Å². The Kier molecular flexibility index (Phi) is 29.1. The van der Waals surface area contributed by atoms with E-state index in [4.69, 9.17) is 18.9 Å². The van der Waals surface area contributed by atoms with Gasteiger partial charge in [-0.05, 0) is 62.3 Å². The molecule has 0 aromatic heterocycles. The molecule has 362 valence electrons. The van der Waals surface area contributed by atoms with E-state index in [1.807, 2.05) is 24.3 Å². The Bertz CT molecular complexity index is 1490. The highest BCUT2D eigenvalue weighted by molar-refractivity contribution is 5.83. The third-order valence-electron chi connectivity index (χ3n) is 12.3. The van der Waals surface area contributed by atoms with Crippen molar-refractivity contribution in [3.8, 4) is 11.1 Å². The molecule has 0 radical (unpaired) electrons. The molecule has 64 heavy (non-hydrogen) atoms. The minimum atomic E-state index is -1.06. The summed E-state index contributed by atoms with van der Waals surface area (Å²) >= 11 is 0. The van der Waals surface area contributed by atoms with Crippen molar-refractivity contribution in [1.82, 2.24) is 10.6 Å². The number of esters is 1. The molecule has 9 heteroatoms. The van der Waals surface area contributed by atoms with Gasteiger partial charge in [-0.1, -0.05) is 204 Å². The van der Waals surface area contributed by atoms with Crippen molar-refractivity contribution >= 4 is 18.0 Å². The van der Waals surface area contributed by atoms with Crippen LogP contribution in [0.1, 0.15) is 219 Å². The molecule has 0 heterocycles. The second kappa shape index (κ2) is 34.0. The number of rotatable bonds is 38. The van der Waals surface area contributed by atoms with Crippen molar-refractivity contribution < 1.29 is 33.3 Å². The monoisotopic (exact) mass is 891 g/mol. The molecule has 2 N–H and O–H groups in total. The molecule has 1 aliphatic carbocycles. The van der Waals surface area contributed by atoms with Crippen LogP contribution in [0, 0.1) is 0 Å². The summed E-state index contributed by atoms with van der Waals surface area (Å²) in [5.41, 5.74) is 3.69. The van der Waals surface area contributed by atoms with Gasteiger partial charge in [-0.2, -0.15) is 0 Å². The summed E-state index contributed by atoms with van der Waals surface area (Å²) in [6.45, 7) is 12.0. The van der Waals surface area contributed by atoms with Crippen LogP contribution in [-0.4, -0.2) is 68.7 Å². The largest absolute Gasteiger partial charge is 0.458 e. The normalized spacial score (nSPS) is 13.3. The Morgan fingerprint density at radius 2 is 1.06 bits per heavy atom. The van der Waals surface area contributed by atoms with Gasteiger partial charge >= 0.3 is 12.1 Å². The average molecular weight is 891 g/mol. The fourth-order valence-electron chi connectivity index (χ4n) is 8.61. The van der Waals surface area contributed by atoms with Gasteiger partial charge in [-0.3, -0.25) is 4.79 Å². The number of nitrogens with one attached hydrogen (secondary N) is 2. The van der Waals surface area contributed by atoms with Gasteiger partial charge < -0.3 is 29.6 Å². The molecule has 3 rings (SSSR count). The summed E-state index contributed by atoms with van der Waals surface area (Å²) in [6, 6.07) is 15.2. The maximum atomic E-state index is 13.3. The van der Waals surface area contributed by atoms with Gasteiger partial charge in [-0.25, -0.2) is 9.59 Å². The molecule has 0 spiro atoms. The van der Waals surface area contributed by atoms with Crippen LogP contribution >= 0.6 is 0 Å². The number of fused-ring (bicyclic) bond motifs is 3. The molecule has 9 nitrogen and oxygen atoms in total. The number of benzene rings is 2. The number of carbonyl (C=O) groups is 3. The lowest BCUT2D eigenvalue weighted by Crippen LogP contribution is -2.45. The number of ether oxygens (including phenoxy) is 4. The molecule has 2 atom stereocenters. The van der Waals surface area contributed by atoms with Crippen LogP contribution in [0.2, 0.25) is 0 Å². The second-order valence-corrected chi connectivity index (χ2v) is 19.2. The van der Waals surface area contributed by atoms with E-state index in [9.17, 15) is 14.4 Å². The van der Waals surface area contributed by atoms with E-state index >= 15 is 0 Å². The van der Waals surface area contributed by atoms with Crippen LogP contribution in [0.15, 0.2) is 48.5 Å². The van der Waals surface area contributed by atoms with E-state index in [2.05, 4.69) is 48.7 Å². The quantitative estimate of drug-likeness (QED) is 0.0510. The van der Waals surface area contributed by atoms with Crippen molar-refractivity contribution in [2.45, 2.75) is 225 Å². The Morgan fingerprint density at radius 3 is 1.55 bits per heavy atom. The van der Waals surface area contributed by atoms with E-state index in [1.165, 1.54) is 135 Å². The van der Waals surface area contributed by atoms with Crippen molar-refractivity contribution in [3.63, 3.8) is 0 Å². The Morgan fingerprint density at radius 1 is 0.609 bits per heavy atom. The first-order valence-corrected chi connectivity index (χ1v) is 25.9. The highest BCUT2D eigenvalue weighted by Crippen LogP contribution is 2.44. The first-order valence-electron chi connectivity index (χ1n) is 25.9. The zero-order chi connectivity index (χ0) is 46.1. The van der Waals surface area contributed by atoms with Crippen LogP contribution in [0.25, 0.3) is 11.1 Å². The third kappa shape index (κ3) is 24.2. The molecule has 0 aliphatic heterocycles. The van der Waals surface area contributed by atoms with Gasteiger partial charge in [0.15, 0.2) is 0 Å². The second-order valence-electron chi connectivity index (χ2n) is 19.2. The van der Waals surface area contributed by atoms with Crippen LogP contribution in [0.3, 0.4) is 0 Å². The molecule has 2 amide bonds. The summed E-state index contributed by atoms with van der Waals surface area (Å²) in [4.78, 5) is 39.8. The molecule has 2 aromatic rings. The summed E-state index contributed by atoms with van der Waals surface area (Å²) in [5, 5.41) is 5.72. The number of carbonyl (C=O) groups excluding carboxylic acids is 3. The van der Waals surface area contributed by atoms with E-state index < -0.39 is 23.7 Å². The minimum absolute atomic E-state index is 0.0126. The number of hydrogen-bond donors (Lipinski definition) is 2. The lowest BCUT2D eigenvalue weighted by atomic mass is 9.98. The Labute approximate surface area is 389 Å². The van der Waals surface area contributed by atoms with Gasteiger partial charge in [0.05, 0.1) is 12.7 Å². The first-order chi connectivity index (χ1) is 31.1. The SMILES string of the molecule is CCCCCCCCCCCCCCOCC(CNC(=O)CC[C@H](NC(=O)OCC1c2ccccc2-c2ccccc21)C(=O)OC(C)(C)C)OCCCCCCCCCCCCCC. The van der Waals surface area contributed by atoms with Gasteiger partial charge in [0.2, 0.25) is 5.91 Å². The van der Waals surface area contributed by atoms with Crippen LogP contribution in [-0.2, 0) is 28.5 Å². The maximum absolute atomic E-state index is 13.3. The smallest absolute Gasteiger partial charge is 0.407 e.